The number of anilines is 1. The van der Waals surface area contributed by atoms with Crippen molar-refractivity contribution in [3.63, 3.8) is 0 Å². The standard InChI is InChI=1S/C26H33N5O3S/c27-20-10-6-11-21(16-20)31-24(13-4-5-14-25(33)28-17-22-12-7-15-34-22)29-30-26(31)35-18-23(32)19-8-2-1-3-9-19/h1-3,6,8,10-11,16,19,22H,4-5,7,9,12-15,17-18,27H2,(H,28,33). The van der Waals surface area contributed by atoms with E-state index in [4.69, 9.17) is 10.5 Å². The number of Topliss-reactive ketones (excluding diaryl/α,β-unsaturated/α-hetero) is 1. The molecule has 186 valence electrons. The van der Waals surface area contributed by atoms with Gasteiger partial charge in [0.25, 0.3) is 0 Å². The Bertz CT molecular complexity index is 1070. The molecule has 2 atom stereocenters. The number of amides is 1. The summed E-state index contributed by atoms with van der Waals surface area (Å²) in [5, 5.41) is 12.4. The summed E-state index contributed by atoms with van der Waals surface area (Å²) >= 11 is 1.40. The van der Waals surface area contributed by atoms with Crippen LogP contribution in [-0.2, 0) is 20.7 Å². The second-order valence-corrected chi connectivity index (χ2v) is 9.83. The summed E-state index contributed by atoms with van der Waals surface area (Å²) in [4.78, 5) is 24.8. The van der Waals surface area contributed by atoms with Gasteiger partial charge >= 0.3 is 0 Å². The summed E-state index contributed by atoms with van der Waals surface area (Å²) in [7, 11) is 0. The minimum atomic E-state index is -0.0814. The van der Waals surface area contributed by atoms with Crippen molar-refractivity contribution in [2.75, 3.05) is 24.6 Å². The quantitative estimate of drug-likeness (QED) is 0.263. The first-order valence-electron chi connectivity index (χ1n) is 12.3. The monoisotopic (exact) mass is 495 g/mol. The predicted molar refractivity (Wildman–Crippen MR) is 137 cm³/mol. The van der Waals surface area contributed by atoms with Gasteiger partial charge < -0.3 is 15.8 Å². The largest absolute Gasteiger partial charge is 0.399 e. The molecule has 3 N–H and O–H groups in total. The summed E-state index contributed by atoms with van der Waals surface area (Å²) in [5.41, 5.74) is 7.55. The van der Waals surface area contributed by atoms with Crippen LogP contribution < -0.4 is 11.1 Å². The number of benzene rings is 1. The lowest BCUT2D eigenvalue weighted by atomic mass is 9.97. The zero-order valence-corrected chi connectivity index (χ0v) is 20.7. The third-order valence-electron chi connectivity index (χ3n) is 6.17. The Morgan fingerprint density at radius 1 is 1.23 bits per heavy atom. The molecule has 1 aromatic heterocycles. The summed E-state index contributed by atoms with van der Waals surface area (Å²) in [6.07, 6.45) is 13.5. The van der Waals surface area contributed by atoms with E-state index in [1.807, 2.05) is 53.1 Å². The van der Waals surface area contributed by atoms with Crippen LogP contribution in [0.2, 0.25) is 0 Å². The fourth-order valence-electron chi connectivity index (χ4n) is 4.23. The van der Waals surface area contributed by atoms with Crippen molar-refractivity contribution in [1.29, 1.82) is 0 Å². The van der Waals surface area contributed by atoms with Crippen LogP contribution in [-0.4, -0.2) is 51.5 Å². The minimum absolute atomic E-state index is 0.0548. The van der Waals surface area contributed by atoms with Crippen molar-refractivity contribution in [3.05, 3.63) is 54.4 Å². The van der Waals surface area contributed by atoms with Gasteiger partial charge in [0.05, 0.1) is 17.5 Å². The number of carbonyl (C=O) groups excluding carboxylic acids is 2. The molecule has 8 nitrogen and oxygen atoms in total. The fraction of sp³-hybridized carbons (Fsp3) is 0.462. The molecule has 2 aliphatic rings. The molecule has 0 spiro atoms. The van der Waals surface area contributed by atoms with Crippen LogP contribution in [0.1, 0.15) is 44.3 Å². The van der Waals surface area contributed by atoms with Gasteiger partial charge in [0.1, 0.15) is 11.6 Å². The molecule has 9 heteroatoms. The summed E-state index contributed by atoms with van der Waals surface area (Å²) in [5.74, 6) is 1.27. The predicted octanol–water partition coefficient (Wildman–Crippen LogP) is 3.65. The van der Waals surface area contributed by atoms with Gasteiger partial charge in [-0.3, -0.25) is 14.2 Å². The smallest absolute Gasteiger partial charge is 0.220 e. The number of nitrogens with zero attached hydrogens (tertiary/aromatic N) is 3. The van der Waals surface area contributed by atoms with Gasteiger partial charge in [-0.1, -0.05) is 42.1 Å². The van der Waals surface area contributed by atoms with Crippen molar-refractivity contribution in [2.24, 2.45) is 5.92 Å². The van der Waals surface area contributed by atoms with Gasteiger partial charge in [-0.2, -0.15) is 0 Å². The zero-order valence-electron chi connectivity index (χ0n) is 19.9. The highest BCUT2D eigenvalue weighted by atomic mass is 32.2. The van der Waals surface area contributed by atoms with Crippen LogP contribution in [0.5, 0.6) is 0 Å². The maximum Gasteiger partial charge on any atom is 0.220 e. The van der Waals surface area contributed by atoms with Crippen LogP contribution in [0.25, 0.3) is 5.69 Å². The van der Waals surface area contributed by atoms with Crippen LogP contribution in [0.3, 0.4) is 0 Å². The van der Waals surface area contributed by atoms with Crippen LogP contribution in [0, 0.1) is 5.92 Å². The Morgan fingerprint density at radius 3 is 2.91 bits per heavy atom. The third-order valence-corrected chi connectivity index (χ3v) is 7.12. The molecular weight excluding hydrogens is 462 g/mol. The van der Waals surface area contributed by atoms with Gasteiger partial charge in [0.2, 0.25) is 5.91 Å². The van der Waals surface area contributed by atoms with Crippen molar-refractivity contribution >= 4 is 29.1 Å². The van der Waals surface area contributed by atoms with Gasteiger partial charge in [-0.25, -0.2) is 0 Å². The molecule has 1 amide bonds. The Morgan fingerprint density at radius 2 is 2.14 bits per heavy atom. The second-order valence-electron chi connectivity index (χ2n) is 8.89. The van der Waals surface area contributed by atoms with Crippen molar-refractivity contribution in [1.82, 2.24) is 20.1 Å². The second kappa shape index (κ2) is 12.7. The number of allylic oxidation sites excluding steroid dienone is 4. The number of nitrogen functional groups attached to an aromatic ring is 1. The summed E-state index contributed by atoms with van der Waals surface area (Å²) < 4.78 is 7.53. The Kier molecular flexibility index (Phi) is 9.14. The number of unbranched alkanes of at least 4 members (excludes halogenated alkanes) is 1. The maximum absolute atomic E-state index is 12.7. The van der Waals surface area contributed by atoms with Crippen molar-refractivity contribution in [3.8, 4) is 5.69 Å². The number of ether oxygens (including phenoxy) is 1. The summed E-state index contributed by atoms with van der Waals surface area (Å²) in [6.45, 7) is 1.38. The lowest BCUT2D eigenvalue weighted by Gasteiger charge is -2.13. The SMILES string of the molecule is Nc1cccc(-n2c(CCCCC(=O)NCC3CCCO3)nnc2SCC(=O)C2C=CC=CC2)c1. The van der Waals surface area contributed by atoms with E-state index in [1.54, 1.807) is 0 Å². The molecule has 2 unspecified atom stereocenters. The van der Waals surface area contributed by atoms with Gasteiger partial charge in [0, 0.05) is 37.6 Å². The fourth-order valence-corrected chi connectivity index (χ4v) is 5.15. The number of thioether (sulfide) groups is 1. The average molecular weight is 496 g/mol. The molecule has 1 saturated heterocycles. The van der Waals surface area contributed by atoms with E-state index in [1.165, 1.54) is 11.8 Å². The number of aromatic nitrogens is 3. The van der Waals surface area contributed by atoms with Gasteiger partial charge in [-0.15, -0.1) is 10.2 Å². The molecule has 0 saturated carbocycles. The number of hydrogen-bond donors (Lipinski definition) is 2. The van der Waals surface area contributed by atoms with Crippen molar-refractivity contribution < 1.29 is 14.3 Å². The minimum Gasteiger partial charge on any atom is -0.399 e. The molecule has 1 fully saturated rings. The van der Waals surface area contributed by atoms with Gasteiger partial charge in [0.15, 0.2) is 5.16 Å². The lowest BCUT2D eigenvalue weighted by Crippen LogP contribution is -2.31. The summed E-state index contributed by atoms with van der Waals surface area (Å²) in [6, 6.07) is 7.57. The lowest BCUT2D eigenvalue weighted by molar-refractivity contribution is -0.121. The Hall–Kier alpha value is -2.91. The molecule has 35 heavy (non-hydrogen) atoms. The number of aryl methyl sites for hydroxylation is 1. The first kappa shape index (κ1) is 25.2. The van der Waals surface area contributed by atoms with E-state index >= 15 is 0 Å². The van der Waals surface area contributed by atoms with E-state index in [-0.39, 0.29) is 23.7 Å². The third kappa shape index (κ3) is 7.29. The number of nitrogens with two attached hydrogens (primary N) is 1. The molecule has 1 aliphatic heterocycles. The molecule has 0 bridgehead atoms. The number of rotatable bonds is 12. The first-order valence-corrected chi connectivity index (χ1v) is 13.3. The zero-order chi connectivity index (χ0) is 24.5. The Labute approximate surface area is 210 Å². The van der Waals surface area contributed by atoms with Gasteiger partial charge in [-0.05, 0) is 50.3 Å². The van der Waals surface area contributed by atoms with Crippen molar-refractivity contribution in [2.45, 2.75) is 56.2 Å². The Balaban J connectivity index is 1.34. The van der Waals surface area contributed by atoms with E-state index in [9.17, 15) is 9.59 Å². The maximum atomic E-state index is 12.7. The first-order chi connectivity index (χ1) is 17.1. The number of ketones is 1. The van der Waals surface area contributed by atoms with E-state index < -0.39 is 0 Å². The highest BCUT2D eigenvalue weighted by Gasteiger charge is 2.20. The molecule has 2 aromatic rings. The highest BCUT2D eigenvalue weighted by Crippen LogP contribution is 2.26. The van der Waals surface area contributed by atoms with E-state index in [2.05, 4.69) is 15.5 Å². The van der Waals surface area contributed by atoms with Crippen LogP contribution in [0.4, 0.5) is 5.69 Å². The number of carbonyl (C=O) groups is 2. The highest BCUT2D eigenvalue weighted by molar-refractivity contribution is 7.99. The molecule has 1 aliphatic carbocycles. The van der Waals surface area contributed by atoms with E-state index in [0.29, 0.717) is 36.0 Å². The number of hydrogen-bond acceptors (Lipinski definition) is 7. The molecule has 0 radical (unpaired) electrons. The number of nitrogens with one attached hydrogen (secondary N) is 1. The normalized spacial score (nSPS) is 19.2. The average Bonchev–Trinajstić information content (AvgIpc) is 3.54. The molecule has 4 rings (SSSR count). The van der Waals surface area contributed by atoms with E-state index in [0.717, 1.165) is 50.2 Å². The van der Waals surface area contributed by atoms with Crippen LogP contribution in [0.15, 0.2) is 53.7 Å². The molecular formula is C26H33N5O3S. The van der Waals surface area contributed by atoms with Crippen LogP contribution >= 0.6 is 11.8 Å². The molecule has 2 heterocycles. The molecule has 1 aromatic carbocycles. The topological polar surface area (TPSA) is 112 Å².